The lowest BCUT2D eigenvalue weighted by Gasteiger charge is -2.09. The van der Waals surface area contributed by atoms with Gasteiger partial charge in [0.1, 0.15) is 42.1 Å². The molecule has 0 atom stereocenters. The second-order valence-electron chi connectivity index (χ2n) is 4.48. The van der Waals surface area contributed by atoms with Crippen LogP contribution in [0.2, 0.25) is 0 Å². The fourth-order valence-corrected chi connectivity index (χ4v) is 2.08. The molecule has 0 aromatic heterocycles. The Bertz CT molecular complexity index is 696. The Labute approximate surface area is 119 Å². The van der Waals surface area contributed by atoms with Crippen LogP contribution in [0.5, 0.6) is 11.5 Å². The van der Waals surface area contributed by atoms with Gasteiger partial charge >= 0.3 is 0 Å². The predicted octanol–water partition coefficient (Wildman–Crippen LogP) is 3.11. The summed E-state index contributed by atoms with van der Waals surface area (Å²) in [5.74, 6) is -0.380. The predicted molar refractivity (Wildman–Crippen MR) is 71.0 cm³/mol. The van der Waals surface area contributed by atoms with Crippen LogP contribution in [0.4, 0.5) is 8.78 Å². The van der Waals surface area contributed by atoms with E-state index in [2.05, 4.69) is 5.16 Å². The summed E-state index contributed by atoms with van der Waals surface area (Å²) in [7, 11) is 0. The lowest BCUT2D eigenvalue weighted by atomic mass is 10.1. The Hall–Kier alpha value is -2.63. The second-order valence-corrected chi connectivity index (χ2v) is 4.48. The van der Waals surface area contributed by atoms with Crippen LogP contribution in [-0.4, -0.2) is 17.5 Å². The minimum absolute atomic E-state index is 0.128. The summed E-state index contributed by atoms with van der Waals surface area (Å²) in [5.41, 5.74) is 0.968. The van der Waals surface area contributed by atoms with E-state index in [4.69, 9.17) is 14.7 Å². The smallest absolute Gasteiger partial charge is 0.134 e. The van der Waals surface area contributed by atoms with Crippen LogP contribution in [0.15, 0.2) is 41.6 Å². The van der Waals surface area contributed by atoms with Crippen molar-refractivity contribution in [2.24, 2.45) is 5.16 Å². The molecule has 1 aliphatic heterocycles. The third-order valence-corrected chi connectivity index (χ3v) is 3.19. The number of oxime groups is 1. The number of rotatable bonds is 3. The van der Waals surface area contributed by atoms with Gasteiger partial charge in [0.15, 0.2) is 0 Å². The summed E-state index contributed by atoms with van der Waals surface area (Å²) < 4.78 is 37.7. The molecule has 21 heavy (non-hydrogen) atoms. The Morgan fingerprint density at radius 1 is 1.19 bits per heavy atom. The van der Waals surface area contributed by atoms with Crippen molar-refractivity contribution >= 4 is 5.71 Å². The fourth-order valence-electron chi connectivity index (χ4n) is 2.08. The van der Waals surface area contributed by atoms with E-state index in [0.717, 1.165) is 0 Å². The molecule has 0 spiro atoms. The summed E-state index contributed by atoms with van der Waals surface area (Å²) in [5, 5.41) is 11.9. The van der Waals surface area contributed by atoms with Crippen molar-refractivity contribution in [3.63, 3.8) is 0 Å². The number of fused-ring (bicyclic) bond motifs is 1. The highest BCUT2D eigenvalue weighted by Gasteiger charge is 2.20. The molecule has 0 aliphatic carbocycles. The zero-order chi connectivity index (χ0) is 14.8. The molecule has 4 nitrogen and oxygen atoms in total. The summed E-state index contributed by atoms with van der Waals surface area (Å²) in [6, 6.07) is 8.54. The summed E-state index contributed by atoms with van der Waals surface area (Å²) in [6.07, 6.45) is 0. The highest BCUT2D eigenvalue weighted by Crippen LogP contribution is 2.30. The highest BCUT2D eigenvalue weighted by atomic mass is 19.1. The molecule has 1 N–H and O–H groups in total. The lowest BCUT2D eigenvalue weighted by molar-refractivity contribution is 0.290. The molecule has 0 unspecified atom stereocenters. The van der Waals surface area contributed by atoms with Crippen LogP contribution < -0.4 is 9.47 Å². The van der Waals surface area contributed by atoms with Gasteiger partial charge in [0.2, 0.25) is 0 Å². The molecule has 0 amide bonds. The van der Waals surface area contributed by atoms with Crippen molar-refractivity contribution in [1.29, 1.82) is 0 Å². The van der Waals surface area contributed by atoms with E-state index in [1.165, 1.54) is 18.2 Å². The first-order valence-electron chi connectivity index (χ1n) is 6.23. The van der Waals surface area contributed by atoms with Crippen LogP contribution in [0.1, 0.15) is 11.1 Å². The molecule has 3 rings (SSSR count). The Morgan fingerprint density at radius 2 is 1.95 bits per heavy atom. The van der Waals surface area contributed by atoms with Gasteiger partial charge in [-0.25, -0.2) is 8.78 Å². The Morgan fingerprint density at radius 3 is 2.67 bits per heavy atom. The third-order valence-electron chi connectivity index (χ3n) is 3.19. The van der Waals surface area contributed by atoms with Crippen LogP contribution in [0.25, 0.3) is 0 Å². The van der Waals surface area contributed by atoms with Gasteiger partial charge in [0.05, 0.1) is 5.56 Å². The van der Waals surface area contributed by atoms with Gasteiger partial charge in [0.25, 0.3) is 0 Å². The minimum atomic E-state index is -0.651. The van der Waals surface area contributed by atoms with Crippen LogP contribution in [0.3, 0.4) is 0 Å². The molecule has 2 aromatic rings. The van der Waals surface area contributed by atoms with Crippen molar-refractivity contribution in [3.8, 4) is 11.5 Å². The topological polar surface area (TPSA) is 51.1 Å². The van der Waals surface area contributed by atoms with E-state index in [1.807, 2.05) is 0 Å². The molecule has 2 aromatic carbocycles. The van der Waals surface area contributed by atoms with Gasteiger partial charge in [0, 0.05) is 11.6 Å². The first-order chi connectivity index (χ1) is 10.2. The largest absolute Gasteiger partial charge is 0.489 e. The molecule has 0 radical (unpaired) electrons. The molecule has 1 heterocycles. The first-order valence-corrected chi connectivity index (χ1v) is 6.23. The van der Waals surface area contributed by atoms with Gasteiger partial charge < -0.3 is 14.7 Å². The van der Waals surface area contributed by atoms with Crippen molar-refractivity contribution in [2.75, 3.05) is 6.61 Å². The van der Waals surface area contributed by atoms with Gasteiger partial charge in [-0.15, -0.1) is 0 Å². The second kappa shape index (κ2) is 5.40. The van der Waals surface area contributed by atoms with Gasteiger partial charge in [-0.1, -0.05) is 11.2 Å². The quantitative estimate of drug-likeness (QED) is 0.698. The highest BCUT2D eigenvalue weighted by molar-refractivity contribution is 6.06. The zero-order valence-corrected chi connectivity index (χ0v) is 10.8. The van der Waals surface area contributed by atoms with Crippen molar-refractivity contribution in [1.82, 2.24) is 0 Å². The average molecular weight is 291 g/mol. The molecule has 6 heteroatoms. The van der Waals surface area contributed by atoms with Crippen LogP contribution in [-0.2, 0) is 6.61 Å². The Balaban J connectivity index is 1.78. The molecule has 0 saturated carbocycles. The van der Waals surface area contributed by atoms with Crippen molar-refractivity contribution in [3.05, 3.63) is 59.2 Å². The summed E-state index contributed by atoms with van der Waals surface area (Å²) in [6.45, 7) is -0.0462. The summed E-state index contributed by atoms with van der Waals surface area (Å²) >= 11 is 0. The molecule has 1 aliphatic rings. The minimum Gasteiger partial charge on any atom is -0.489 e. The van der Waals surface area contributed by atoms with Crippen molar-refractivity contribution < 1.29 is 23.5 Å². The first kappa shape index (κ1) is 13.4. The normalized spacial score (nSPS) is 14.9. The van der Waals surface area contributed by atoms with E-state index < -0.39 is 11.6 Å². The van der Waals surface area contributed by atoms with Crippen molar-refractivity contribution in [2.45, 2.75) is 6.61 Å². The van der Waals surface area contributed by atoms with Crippen LogP contribution in [0, 0.1) is 11.6 Å². The number of nitrogens with zero attached hydrogens (tertiary/aromatic N) is 1. The zero-order valence-electron chi connectivity index (χ0n) is 10.8. The van der Waals surface area contributed by atoms with Gasteiger partial charge in [-0.3, -0.25) is 0 Å². The maximum atomic E-state index is 13.5. The average Bonchev–Trinajstić information content (AvgIpc) is 2.89. The van der Waals surface area contributed by atoms with E-state index in [1.54, 1.807) is 18.2 Å². The fraction of sp³-hybridized carbons (Fsp3) is 0.133. The summed E-state index contributed by atoms with van der Waals surface area (Å²) in [4.78, 5) is 0. The van der Waals surface area contributed by atoms with E-state index in [-0.39, 0.29) is 18.8 Å². The van der Waals surface area contributed by atoms with E-state index in [0.29, 0.717) is 22.8 Å². The standard InChI is InChI=1S/C15H11F2NO3/c16-12-2-1-3-13(17)11(12)7-20-9-4-5-10-14(18-19)8-21-15(10)6-9/h1-6,19H,7-8H2. The molecule has 108 valence electrons. The van der Waals surface area contributed by atoms with Crippen LogP contribution >= 0.6 is 0 Å². The molecule has 0 bridgehead atoms. The number of benzene rings is 2. The number of hydrogen-bond acceptors (Lipinski definition) is 4. The molecule has 0 fully saturated rings. The maximum Gasteiger partial charge on any atom is 0.134 e. The number of ether oxygens (including phenoxy) is 2. The lowest BCUT2D eigenvalue weighted by Crippen LogP contribution is -2.02. The number of halogens is 2. The Kier molecular flexibility index (Phi) is 3.43. The van der Waals surface area contributed by atoms with E-state index >= 15 is 0 Å². The van der Waals surface area contributed by atoms with Gasteiger partial charge in [-0.2, -0.15) is 0 Å². The van der Waals surface area contributed by atoms with Gasteiger partial charge in [-0.05, 0) is 24.3 Å². The third kappa shape index (κ3) is 2.52. The number of hydrogen-bond donors (Lipinski definition) is 1. The monoisotopic (exact) mass is 291 g/mol. The maximum absolute atomic E-state index is 13.5. The molecule has 0 saturated heterocycles. The molecular formula is C15H11F2NO3. The van der Waals surface area contributed by atoms with E-state index in [9.17, 15) is 8.78 Å². The molecular weight excluding hydrogens is 280 g/mol. The SMILES string of the molecule is ON=C1COc2cc(OCc3c(F)cccc3F)ccc21.